The summed E-state index contributed by atoms with van der Waals surface area (Å²) in [6.45, 7) is -0.236. The van der Waals surface area contributed by atoms with Crippen molar-refractivity contribution < 1.29 is 57.2 Å². The lowest BCUT2D eigenvalue weighted by atomic mass is 10.0. The topological polar surface area (TPSA) is 227 Å². The Morgan fingerprint density at radius 3 is 2.63 bits per heavy atom. The van der Waals surface area contributed by atoms with Gasteiger partial charge in [0.2, 0.25) is 0 Å². The molecule has 3 amide bonds. The maximum Gasteiger partial charge on any atom is 0.389 e. The SMILES string of the molecule is O=C1NC(=O)[C@@]2(CCP(=O)(O)O)N[C@H]2N1[C@H]1C[C@H]2O[C@](C3=CC=C[C@@H]4O[C@H]34)(P(=O)(O)O)OC[C@H]2O1. The first-order valence-corrected chi connectivity index (χ1v) is 14.3. The van der Waals surface area contributed by atoms with Gasteiger partial charge in [0, 0.05) is 12.0 Å². The van der Waals surface area contributed by atoms with Gasteiger partial charge in [-0.25, -0.2) is 4.79 Å². The van der Waals surface area contributed by atoms with E-state index in [2.05, 4.69) is 10.6 Å². The third kappa shape index (κ3) is 3.70. The van der Waals surface area contributed by atoms with Crippen LogP contribution in [0.2, 0.25) is 0 Å². The number of carbonyl (C=O) groups excluding carboxylic acids is 2. The highest BCUT2D eigenvalue weighted by molar-refractivity contribution is 7.53. The molecule has 5 heterocycles. The predicted octanol–water partition coefficient (Wildman–Crippen LogP) is -1.60. The number of urea groups is 1. The molecule has 0 spiro atoms. The lowest BCUT2D eigenvalue weighted by Gasteiger charge is -2.42. The van der Waals surface area contributed by atoms with Crippen molar-refractivity contribution in [2.24, 2.45) is 0 Å². The summed E-state index contributed by atoms with van der Waals surface area (Å²) in [4.78, 5) is 65.1. The normalized spacial score (nSPS) is 44.2. The fraction of sp³-hybridized carbons (Fsp3) is 0.667. The zero-order valence-corrected chi connectivity index (χ0v) is 19.7. The first-order valence-electron chi connectivity index (χ1n) is 10.9. The van der Waals surface area contributed by atoms with Crippen LogP contribution in [0.25, 0.3) is 0 Å². The summed E-state index contributed by atoms with van der Waals surface area (Å²) in [6.07, 6.45) is -0.217. The summed E-state index contributed by atoms with van der Waals surface area (Å²) in [5, 5.41) is 5.03. The molecule has 0 saturated carbocycles. The Morgan fingerprint density at radius 1 is 1.14 bits per heavy atom. The second kappa shape index (κ2) is 7.53. The Kier molecular flexibility index (Phi) is 5.14. The van der Waals surface area contributed by atoms with Crippen LogP contribution in [-0.2, 0) is 32.9 Å². The van der Waals surface area contributed by atoms with Crippen LogP contribution >= 0.6 is 15.2 Å². The van der Waals surface area contributed by atoms with E-state index in [1.807, 2.05) is 0 Å². The molecule has 5 saturated heterocycles. The van der Waals surface area contributed by atoms with Crippen LogP contribution in [-0.4, -0.2) is 97.1 Å². The van der Waals surface area contributed by atoms with Crippen molar-refractivity contribution in [3.63, 3.8) is 0 Å². The minimum Gasteiger partial charge on any atom is -0.360 e. The van der Waals surface area contributed by atoms with E-state index >= 15 is 0 Å². The number of hydrogen-bond acceptors (Lipinski definition) is 9. The van der Waals surface area contributed by atoms with Crippen molar-refractivity contribution in [1.29, 1.82) is 0 Å². The van der Waals surface area contributed by atoms with Gasteiger partial charge >= 0.3 is 21.2 Å². The molecule has 35 heavy (non-hydrogen) atoms. The highest BCUT2D eigenvalue weighted by Gasteiger charge is 2.70. The lowest BCUT2D eigenvalue weighted by Crippen LogP contribution is -2.60. The number of allylic oxidation sites excluding steroid dienone is 2. The molecule has 5 aliphatic heterocycles. The summed E-state index contributed by atoms with van der Waals surface area (Å²) >= 11 is 0. The van der Waals surface area contributed by atoms with E-state index in [1.165, 1.54) is 11.0 Å². The number of amides is 3. The van der Waals surface area contributed by atoms with Gasteiger partial charge in [-0.05, 0) is 6.42 Å². The van der Waals surface area contributed by atoms with Gasteiger partial charge in [-0.1, -0.05) is 18.2 Å². The smallest absolute Gasteiger partial charge is 0.360 e. The highest BCUT2D eigenvalue weighted by Crippen LogP contribution is 2.62. The molecule has 0 radical (unpaired) electrons. The molecule has 0 bridgehead atoms. The zero-order chi connectivity index (χ0) is 25.0. The van der Waals surface area contributed by atoms with Gasteiger partial charge in [0.15, 0.2) is 0 Å². The molecule has 6 rings (SSSR count). The molecule has 6 N–H and O–H groups in total. The third-order valence-corrected chi connectivity index (χ3v) is 9.18. The van der Waals surface area contributed by atoms with Crippen LogP contribution in [0.1, 0.15) is 12.8 Å². The summed E-state index contributed by atoms with van der Waals surface area (Å²) in [5.74, 6) is -0.691. The van der Waals surface area contributed by atoms with E-state index < -0.39 is 75.1 Å². The Bertz CT molecular complexity index is 1150. The molecule has 0 unspecified atom stereocenters. The number of rotatable bonds is 6. The largest absolute Gasteiger partial charge is 0.389 e. The van der Waals surface area contributed by atoms with Crippen molar-refractivity contribution >= 4 is 27.1 Å². The Morgan fingerprint density at radius 2 is 1.91 bits per heavy atom. The number of imide groups is 1. The molecule has 15 nitrogen and oxygen atoms in total. The van der Waals surface area contributed by atoms with E-state index in [9.17, 15) is 38.3 Å². The third-order valence-electron chi connectivity index (χ3n) is 7.12. The van der Waals surface area contributed by atoms with Crippen molar-refractivity contribution in [2.45, 2.75) is 60.7 Å². The number of nitrogens with one attached hydrogen (secondary N) is 2. The number of fused-ring (bicyclic) bond motifs is 3. The van der Waals surface area contributed by atoms with Gasteiger partial charge in [-0.2, -0.15) is 0 Å². The maximum atomic E-state index is 12.7. The average Bonchev–Trinajstić information content (AvgIpc) is 3.65. The number of hydrogen-bond donors (Lipinski definition) is 6. The Balaban J connectivity index is 1.22. The van der Waals surface area contributed by atoms with E-state index in [0.717, 1.165) is 0 Å². The van der Waals surface area contributed by atoms with Gasteiger partial charge in [0.1, 0.15) is 36.2 Å². The van der Waals surface area contributed by atoms with E-state index in [4.69, 9.17) is 18.9 Å². The second-order valence-electron chi connectivity index (χ2n) is 9.31. The van der Waals surface area contributed by atoms with E-state index in [0.29, 0.717) is 0 Å². The number of carbonyl (C=O) groups is 2. The molecule has 5 fully saturated rings. The fourth-order valence-corrected chi connectivity index (χ4v) is 6.95. The molecular formula is C18H23N3O12P2. The van der Waals surface area contributed by atoms with Crippen molar-refractivity contribution in [2.75, 3.05) is 12.8 Å². The predicted molar refractivity (Wildman–Crippen MR) is 111 cm³/mol. The summed E-state index contributed by atoms with van der Waals surface area (Å²) in [6, 6.07) is -0.767. The molecule has 17 heteroatoms. The first-order chi connectivity index (χ1) is 16.3. The van der Waals surface area contributed by atoms with Gasteiger partial charge in [-0.3, -0.25) is 29.5 Å². The Labute approximate surface area is 197 Å². The van der Waals surface area contributed by atoms with Crippen LogP contribution < -0.4 is 10.6 Å². The van der Waals surface area contributed by atoms with E-state index in [1.54, 1.807) is 12.2 Å². The Hall–Kier alpha value is -1.48. The lowest BCUT2D eigenvalue weighted by molar-refractivity contribution is -0.258. The molecular weight excluding hydrogens is 512 g/mol. The summed E-state index contributed by atoms with van der Waals surface area (Å²) in [7, 11) is -9.41. The van der Waals surface area contributed by atoms with Crippen molar-refractivity contribution in [3.8, 4) is 0 Å². The van der Waals surface area contributed by atoms with Gasteiger partial charge in [-0.15, -0.1) is 0 Å². The molecule has 6 aliphatic rings. The number of epoxide rings is 1. The van der Waals surface area contributed by atoms with Crippen molar-refractivity contribution in [1.82, 2.24) is 15.5 Å². The number of ether oxygens (including phenoxy) is 4. The quantitative estimate of drug-likeness (QED) is 0.167. The molecule has 0 aromatic rings. The van der Waals surface area contributed by atoms with Crippen LogP contribution in [0.4, 0.5) is 4.79 Å². The minimum atomic E-state index is -5.02. The van der Waals surface area contributed by atoms with Gasteiger partial charge in [0.05, 0.1) is 18.9 Å². The van der Waals surface area contributed by atoms with Gasteiger partial charge in [0.25, 0.3) is 11.4 Å². The summed E-state index contributed by atoms with van der Waals surface area (Å²) in [5.41, 5.74) is -3.56. The summed E-state index contributed by atoms with van der Waals surface area (Å²) < 4.78 is 46.8. The first kappa shape index (κ1) is 23.9. The molecule has 1 aliphatic carbocycles. The monoisotopic (exact) mass is 535 g/mol. The van der Waals surface area contributed by atoms with E-state index in [-0.39, 0.29) is 31.1 Å². The van der Waals surface area contributed by atoms with Crippen LogP contribution in [0.15, 0.2) is 23.8 Å². The fourth-order valence-electron chi connectivity index (χ4n) is 5.25. The van der Waals surface area contributed by atoms with Crippen LogP contribution in [0, 0.1) is 0 Å². The zero-order valence-electron chi connectivity index (χ0n) is 17.9. The maximum absolute atomic E-state index is 12.7. The highest BCUT2D eigenvalue weighted by atomic mass is 31.2. The molecule has 0 aromatic carbocycles. The molecule has 192 valence electrons. The van der Waals surface area contributed by atoms with Crippen LogP contribution in [0.3, 0.4) is 0 Å². The molecule has 8 atom stereocenters. The standard InChI is InChI=1S/C18H23N3O12P2/c22-15-17(4-5-34(24,25)26)14(20-17)21(16(23)19-15)12-6-10-11(31-12)7-30-18(33-10,35(27,28)29)8-2-1-3-9-13(8)32-9/h1-3,9-14,20H,4-7H2,(H,19,22,23)(H2,24,25,26)(H2,27,28,29)/t9-,10+,11+,12+,13+,14-,17-,18+/m0/s1. The van der Waals surface area contributed by atoms with Gasteiger partial charge < -0.3 is 38.5 Å². The second-order valence-corrected chi connectivity index (χ2v) is 12.8. The minimum absolute atomic E-state index is 0.0161. The molecule has 0 aromatic heterocycles. The van der Waals surface area contributed by atoms with Crippen molar-refractivity contribution in [3.05, 3.63) is 23.8 Å². The average molecular weight is 535 g/mol. The number of nitrogens with zero attached hydrogens (tertiary/aromatic N) is 1. The van der Waals surface area contributed by atoms with Crippen LogP contribution in [0.5, 0.6) is 0 Å².